The van der Waals surface area contributed by atoms with Crippen molar-refractivity contribution >= 4 is 51.6 Å². The molecule has 6 nitrogen and oxygen atoms in total. The minimum absolute atomic E-state index is 0.0356. The average molecular weight is 426 g/mol. The van der Waals surface area contributed by atoms with E-state index in [2.05, 4.69) is 20.0 Å². The normalized spacial score (nSPS) is 11.0. The number of nitrogens with zero attached hydrogens (tertiary/aromatic N) is 3. The number of halogens is 3. The molecular weight excluding hydrogens is 408 g/mol. The van der Waals surface area contributed by atoms with Crippen molar-refractivity contribution in [3.8, 4) is 0 Å². The van der Waals surface area contributed by atoms with Gasteiger partial charge >= 0.3 is 0 Å². The van der Waals surface area contributed by atoms with Gasteiger partial charge in [0.15, 0.2) is 11.6 Å². The van der Waals surface area contributed by atoms with Crippen molar-refractivity contribution in [3.05, 3.63) is 51.4 Å². The first-order valence-corrected chi connectivity index (χ1v) is 9.80. The molecule has 0 aliphatic rings. The first-order valence-electron chi connectivity index (χ1n) is 8.43. The van der Waals surface area contributed by atoms with Gasteiger partial charge in [0, 0.05) is 18.5 Å². The zero-order chi connectivity index (χ0) is 20.3. The van der Waals surface area contributed by atoms with E-state index in [0.717, 1.165) is 6.20 Å². The molecule has 0 bridgehead atoms. The van der Waals surface area contributed by atoms with Crippen LogP contribution in [0.2, 0.25) is 5.02 Å². The quantitative estimate of drug-likeness (QED) is 0.426. The highest BCUT2D eigenvalue weighted by Gasteiger charge is 2.16. The molecule has 0 aliphatic heterocycles. The highest BCUT2D eigenvalue weighted by atomic mass is 35.5. The predicted molar refractivity (Wildman–Crippen MR) is 111 cm³/mol. The SMILES string of the molecule is Cc1c(Nc2c(F)cnc(NSCCCF)c2Cl)ccc2ncn(C)c(=O)c12. The van der Waals surface area contributed by atoms with Crippen LogP contribution in [-0.4, -0.2) is 27.0 Å². The number of aromatic nitrogens is 3. The fraction of sp³-hybridized carbons (Fsp3) is 0.278. The number of anilines is 3. The van der Waals surface area contributed by atoms with E-state index in [-0.39, 0.29) is 22.1 Å². The van der Waals surface area contributed by atoms with Gasteiger partial charge in [-0.15, -0.1) is 0 Å². The van der Waals surface area contributed by atoms with E-state index < -0.39 is 12.5 Å². The maximum Gasteiger partial charge on any atom is 0.261 e. The Morgan fingerprint density at radius 3 is 2.86 bits per heavy atom. The van der Waals surface area contributed by atoms with E-state index in [0.29, 0.717) is 34.3 Å². The van der Waals surface area contributed by atoms with Crippen LogP contribution in [0.15, 0.2) is 29.5 Å². The van der Waals surface area contributed by atoms with Gasteiger partial charge < -0.3 is 14.6 Å². The molecule has 2 aromatic heterocycles. The monoisotopic (exact) mass is 425 g/mol. The summed E-state index contributed by atoms with van der Waals surface area (Å²) >= 11 is 7.55. The molecule has 0 saturated carbocycles. The molecule has 3 aromatic rings. The second-order valence-corrected chi connectivity index (χ2v) is 7.33. The standard InChI is InChI=1S/C18H18ClF2N5OS/c1-10-12(4-5-13-14(10)18(27)26(2)9-23-13)24-16-11(21)8-22-17(15(16)19)25-28-7-3-6-20/h4-5,8-9H,3,6-7H2,1-2H3,(H2,22,24,25). The van der Waals surface area contributed by atoms with Gasteiger partial charge in [0.1, 0.15) is 5.02 Å². The molecule has 1 aromatic carbocycles. The maximum absolute atomic E-state index is 14.4. The Bertz CT molecular complexity index is 1080. The first kappa shape index (κ1) is 20.3. The van der Waals surface area contributed by atoms with Gasteiger partial charge in [-0.25, -0.2) is 14.4 Å². The van der Waals surface area contributed by atoms with Crippen LogP contribution in [-0.2, 0) is 7.05 Å². The number of aryl methyl sites for hydroxylation is 2. The number of pyridine rings is 1. The lowest BCUT2D eigenvalue weighted by atomic mass is 10.1. The number of rotatable bonds is 7. The van der Waals surface area contributed by atoms with E-state index >= 15 is 0 Å². The summed E-state index contributed by atoms with van der Waals surface area (Å²) in [5.41, 5.74) is 1.55. The van der Waals surface area contributed by atoms with E-state index in [9.17, 15) is 13.6 Å². The number of hydrogen-bond acceptors (Lipinski definition) is 6. The lowest BCUT2D eigenvalue weighted by molar-refractivity contribution is 0.489. The van der Waals surface area contributed by atoms with E-state index in [1.807, 2.05) is 0 Å². The summed E-state index contributed by atoms with van der Waals surface area (Å²) in [5, 5.41) is 3.46. The van der Waals surface area contributed by atoms with Crippen LogP contribution in [0.1, 0.15) is 12.0 Å². The third-order valence-electron chi connectivity index (χ3n) is 4.13. The number of hydrogen-bond donors (Lipinski definition) is 2. The summed E-state index contributed by atoms with van der Waals surface area (Å²) < 4.78 is 30.8. The zero-order valence-electron chi connectivity index (χ0n) is 15.2. The van der Waals surface area contributed by atoms with E-state index in [4.69, 9.17) is 11.6 Å². The van der Waals surface area contributed by atoms with Crippen LogP contribution in [0.4, 0.5) is 26.0 Å². The van der Waals surface area contributed by atoms with Crippen LogP contribution < -0.4 is 15.6 Å². The Morgan fingerprint density at radius 2 is 2.11 bits per heavy atom. The van der Waals surface area contributed by atoms with Crippen molar-refractivity contribution in [3.63, 3.8) is 0 Å². The Kier molecular flexibility index (Phi) is 6.35. The lowest BCUT2D eigenvalue weighted by Gasteiger charge is -2.15. The minimum atomic E-state index is -0.636. The molecule has 0 amide bonds. The zero-order valence-corrected chi connectivity index (χ0v) is 16.8. The molecule has 2 N–H and O–H groups in total. The second kappa shape index (κ2) is 8.74. The number of benzene rings is 1. The van der Waals surface area contributed by atoms with Gasteiger partial charge in [-0.1, -0.05) is 23.5 Å². The number of alkyl halides is 1. The highest BCUT2D eigenvalue weighted by molar-refractivity contribution is 8.00. The molecule has 0 atom stereocenters. The Labute approximate surface area is 169 Å². The molecule has 0 spiro atoms. The van der Waals surface area contributed by atoms with Crippen LogP contribution in [0, 0.1) is 12.7 Å². The van der Waals surface area contributed by atoms with E-state index in [1.165, 1.54) is 22.8 Å². The summed E-state index contributed by atoms with van der Waals surface area (Å²) in [6.07, 6.45) is 2.89. The van der Waals surface area contributed by atoms with Crippen molar-refractivity contribution in [2.45, 2.75) is 13.3 Å². The smallest absolute Gasteiger partial charge is 0.261 e. The van der Waals surface area contributed by atoms with Gasteiger partial charge in [0.05, 0.1) is 35.8 Å². The fourth-order valence-corrected chi connectivity index (χ4v) is 3.56. The fourth-order valence-electron chi connectivity index (χ4n) is 2.62. The summed E-state index contributed by atoms with van der Waals surface area (Å²) in [7, 11) is 1.62. The minimum Gasteiger partial charge on any atom is -0.352 e. The number of fused-ring (bicyclic) bond motifs is 1. The second-order valence-electron chi connectivity index (χ2n) is 6.05. The summed E-state index contributed by atoms with van der Waals surface area (Å²) in [6.45, 7) is 1.34. The molecule has 0 unspecified atom stereocenters. The maximum atomic E-state index is 14.4. The average Bonchev–Trinajstić information content (AvgIpc) is 2.68. The Morgan fingerprint density at radius 1 is 1.32 bits per heavy atom. The van der Waals surface area contributed by atoms with Crippen molar-refractivity contribution in [2.75, 3.05) is 22.5 Å². The molecule has 148 valence electrons. The van der Waals surface area contributed by atoms with Gasteiger partial charge in [-0.3, -0.25) is 9.18 Å². The Balaban J connectivity index is 1.96. The van der Waals surface area contributed by atoms with Crippen molar-refractivity contribution in [2.24, 2.45) is 7.05 Å². The molecule has 0 fully saturated rings. The third-order valence-corrected chi connectivity index (χ3v) is 5.33. The Hall–Kier alpha value is -2.39. The molecule has 0 saturated heterocycles. The third kappa shape index (κ3) is 4.05. The van der Waals surface area contributed by atoms with Crippen LogP contribution in [0.5, 0.6) is 0 Å². The molecule has 0 aliphatic carbocycles. The van der Waals surface area contributed by atoms with Gasteiger partial charge in [0.2, 0.25) is 0 Å². The molecule has 0 radical (unpaired) electrons. The molecule has 28 heavy (non-hydrogen) atoms. The van der Waals surface area contributed by atoms with Crippen molar-refractivity contribution < 1.29 is 8.78 Å². The number of nitrogens with one attached hydrogen (secondary N) is 2. The van der Waals surface area contributed by atoms with Crippen LogP contribution in [0.25, 0.3) is 10.9 Å². The summed E-state index contributed by atoms with van der Waals surface area (Å²) in [6, 6.07) is 3.40. The molecule has 2 heterocycles. The summed E-state index contributed by atoms with van der Waals surface area (Å²) in [4.78, 5) is 20.6. The predicted octanol–water partition coefficient (Wildman–Crippen LogP) is 4.59. The van der Waals surface area contributed by atoms with Gasteiger partial charge in [-0.05, 0) is 31.0 Å². The van der Waals surface area contributed by atoms with Crippen LogP contribution >= 0.6 is 23.5 Å². The lowest BCUT2D eigenvalue weighted by Crippen LogP contribution is -2.18. The van der Waals surface area contributed by atoms with Gasteiger partial charge in [-0.2, -0.15) is 0 Å². The molecule has 10 heteroatoms. The van der Waals surface area contributed by atoms with Crippen molar-refractivity contribution in [1.29, 1.82) is 0 Å². The van der Waals surface area contributed by atoms with Gasteiger partial charge in [0.25, 0.3) is 5.56 Å². The topological polar surface area (TPSA) is 71.8 Å². The van der Waals surface area contributed by atoms with E-state index in [1.54, 1.807) is 26.1 Å². The van der Waals surface area contributed by atoms with Crippen molar-refractivity contribution in [1.82, 2.24) is 14.5 Å². The van der Waals surface area contributed by atoms with Crippen LogP contribution in [0.3, 0.4) is 0 Å². The highest BCUT2D eigenvalue weighted by Crippen LogP contribution is 2.35. The largest absolute Gasteiger partial charge is 0.352 e. The summed E-state index contributed by atoms with van der Waals surface area (Å²) in [5.74, 6) is 0.155. The molecule has 3 rings (SSSR count). The molecular formula is C18H18ClF2N5OS. The first-order chi connectivity index (χ1) is 13.4.